The van der Waals surface area contributed by atoms with Crippen LogP contribution in [0, 0.1) is 22.7 Å². The van der Waals surface area contributed by atoms with Crippen LogP contribution < -0.4 is 10.6 Å². The van der Waals surface area contributed by atoms with Crippen LogP contribution in [0.15, 0.2) is 54.7 Å². The van der Waals surface area contributed by atoms with Crippen LogP contribution in [0.3, 0.4) is 0 Å². The van der Waals surface area contributed by atoms with Gasteiger partial charge in [0.1, 0.15) is 11.4 Å². The number of nitrogens with one attached hydrogen (secondary N) is 2. The Bertz CT molecular complexity index is 1080. The molecule has 0 fully saturated rings. The number of anilines is 4. The number of benzene rings is 2. The normalized spacial score (nSPS) is 10.6. The Morgan fingerprint density at radius 2 is 1.57 bits per heavy atom. The molecular weight excluding hydrogens is 369 g/mol. The number of hydrogen-bond donors (Lipinski definition) is 2. The number of halogens is 3. The minimum absolute atomic E-state index is 0.0587. The van der Waals surface area contributed by atoms with Crippen molar-refractivity contribution in [3.8, 4) is 12.1 Å². The Morgan fingerprint density at radius 1 is 0.857 bits per heavy atom. The second-order valence-electron chi connectivity index (χ2n) is 5.59. The first-order valence-corrected chi connectivity index (χ1v) is 7.87. The highest BCUT2D eigenvalue weighted by molar-refractivity contribution is 5.64. The van der Waals surface area contributed by atoms with E-state index in [0.29, 0.717) is 23.0 Å². The first kappa shape index (κ1) is 18.7. The lowest BCUT2D eigenvalue weighted by Gasteiger charge is -2.15. The van der Waals surface area contributed by atoms with E-state index >= 15 is 0 Å². The highest BCUT2D eigenvalue weighted by Gasteiger charge is 2.35. The van der Waals surface area contributed by atoms with Gasteiger partial charge in [-0.3, -0.25) is 0 Å². The Morgan fingerprint density at radius 3 is 2.21 bits per heavy atom. The molecule has 0 aliphatic rings. The lowest BCUT2D eigenvalue weighted by molar-refractivity contribution is -0.137. The van der Waals surface area contributed by atoms with E-state index in [2.05, 4.69) is 20.6 Å². The third-order valence-electron chi connectivity index (χ3n) is 3.62. The first-order valence-electron chi connectivity index (χ1n) is 7.87. The first-order chi connectivity index (χ1) is 13.4. The molecule has 0 aliphatic carbocycles. The van der Waals surface area contributed by atoms with E-state index < -0.39 is 17.6 Å². The van der Waals surface area contributed by atoms with Gasteiger partial charge in [-0.25, -0.2) is 4.98 Å². The van der Waals surface area contributed by atoms with E-state index in [0.717, 1.165) is 0 Å². The summed E-state index contributed by atoms with van der Waals surface area (Å²) in [7, 11) is 0. The zero-order chi connectivity index (χ0) is 20.1. The van der Waals surface area contributed by atoms with Crippen LogP contribution in [0.4, 0.5) is 36.3 Å². The van der Waals surface area contributed by atoms with Crippen molar-refractivity contribution < 1.29 is 13.2 Å². The van der Waals surface area contributed by atoms with E-state index in [1.807, 2.05) is 12.1 Å². The highest BCUT2D eigenvalue weighted by atomic mass is 19.4. The number of nitriles is 2. The van der Waals surface area contributed by atoms with Gasteiger partial charge < -0.3 is 10.6 Å². The standard InChI is InChI=1S/C19H11F3N6/c20-19(21,22)16-11-25-18(27-14-6-4-12(9-23)5-7-14)28-17(16)26-15-3-1-2-13(8-15)10-24/h1-8,11H,(H2,25,26,27,28). The number of hydrogen-bond acceptors (Lipinski definition) is 6. The molecule has 6 nitrogen and oxygen atoms in total. The summed E-state index contributed by atoms with van der Waals surface area (Å²) in [5.41, 5.74) is 0.492. The van der Waals surface area contributed by atoms with Crippen molar-refractivity contribution in [1.29, 1.82) is 10.5 Å². The molecule has 3 aromatic rings. The van der Waals surface area contributed by atoms with Crippen molar-refractivity contribution in [2.24, 2.45) is 0 Å². The lowest BCUT2D eigenvalue weighted by atomic mass is 10.2. The van der Waals surface area contributed by atoms with Gasteiger partial charge in [0.05, 0.1) is 23.3 Å². The molecule has 0 saturated heterocycles. The second-order valence-corrected chi connectivity index (χ2v) is 5.59. The maximum absolute atomic E-state index is 13.3. The van der Waals surface area contributed by atoms with Crippen LogP contribution in [0.1, 0.15) is 16.7 Å². The molecule has 2 aromatic carbocycles. The van der Waals surface area contributed by atoms with Crippen molar-refractivity contribution in [1.82, 2.24) is 9.97 Å². The smallest absolute Gasteiger partial charge is 0.340 e. The summed E-state index contributed by atoms with van der Waals surface area (Å²) in [5.74, 6) is -0.509. The molecule has 9 heteroatoms. The summed E-state index contributed by atoms with van der Waals surface area (Å²) in [5, 5.41) is 23.1. The molecule has 0 unspecified atom stereocenters. The molecule has 0 spiro atoms. The molecule has 28 heavy (non-hydrogen) atoms. The van der Waals surface area contributed by atoms with Crippen molar-refractivity contribution >= 4 is 23.1 Å². The SMILES string of the molecule is N#Cc1ccc(Nc2ncc(C(F)(F)F)c(Nc3cccc(C#N)c3)n2)cc1. The molecular formula is C19H11F3N6. The zero-order valence-electron chi connectivity index (χ0n) is 14.1. The Balaban J connectivity index is 1.94. The van der Waals surface area contributed by atoms with E-state index in [9.17, 15) is 13.2 Å². The third kappa shape index (κ3) is 4.34. The predicted molar refractivity (Wildman–Crippen MR) is 95.9 cm³/mol. The van der Waals surface area contributed by atoms with Gasteiger partial charge in [0.2, 0.25) is 5.95 Å². The summed E-state index contributed by atoms with van der Waals surface area (Å²) in [6.07, 6.45) is -3.99. The van der Waals surface area contributed by atoms with Crippen molar-refractivity contribution in [3.63, 3.8) is 0 Å². The van der Waals surface area contributed by atoms with E-state index in [1.165, 1.54) is 18.2 Å². The summed E-state index contributed by atoms with van der Waals surface area (Å²) >= 11 is 0. The monoisotopic (exact) mass is 380 g/mol. The molecule has 3 rings (SSSR count). The zero-order valence-corrected chi connectivity index (χ0v) is 14.1. The highest BCUT2D eigenvalue weighted by Crippen LogP contribution is 2.35. The maximum atomic E-state index is 13.3. The molecule has 0 bridgehead atoms. The van der Waals surface area contributed by atoms with Crippen LogP contribution in [0.2, 0.25) is 0 Å². The summed E-state index contributed by atoms with van der Waals surface area (Å²) in [4.78, 5) is 7.65. The second kappa shape index (κ2) is 7.64. The molecule has 0 atom stereocenters. The molecule has 0 saturated carbocycles. The fourth-order valence-electron chi connectivity index (χ4n) is 2.31. The van der Waals surface area contributed by atoms with Crippen molar-refractivity contribution in [3.05, 3.63) is 71.4 Å². The molecule has 0 aliphatic heterocycles. The van der Waals surface area contributed by atoms with E-state index in [4.69, 9.17) is 10.5 Å². The van der Waals surface area contributed by atoms with E-state index in [1.54, 1.807) is 30.3 Å². The van der Waals surface area contributed by atoms with Crippen LogP contribution in [-0.2, 0) is 6.18 Å². The van der Waals surface area contributed by atoms with Crippen LogP contribution in [0.5, 0.6) is 0 Å². The lowest BCUT2D eigenvalue weighted by Crippen LogP contribution is -2.12. The maximum Gasteiger partial charge on any atom is 0.421 e. The average Bonchev–Trinajstić information content (AvgIpc) is 2.68. The van der Waals surface area contributed by atoms with Crippen molar-refractivity contribution in [2.75, 3.05) is 10.6 Å². The largest absolute Gasteiger partial charge is 0.421 e. The van der Waals surface area contributed by atoms with Crippen molar-refractivity contribution in [2.45, 2.75) is 6.18 Å². The Labute approximate surface area is 157 Å². The summed E-state index contributed by atoms with van der Waals surface area (Å²) in [6.45, 7) is 0. The van der Waals surface area contributed by atoms with Crippen LogP contribution in [0.25, 0.3) is 0 Å². The predicted octanol–water partition coefficient (Wildman–Crippen LogP) is 4.73. The molecule has 1 aromatic heterocycles. The fraction of sp³-hybridized carbons (Fsp3) is 0.0526. The topological polar surface area (TPSA) is 97.4 Å². The quantitative estimate of drug-likeness (QED) is 0.679. The minimum atomic E-state index is -4.66. The van der Waals surface area contributed by atoms with Gasteiger partial charge in [-0.15, -0.1) is 0 Å². The number of nitrogens with zero attached hydrogens (tertiary/aromatic N) is 4. The molecule has 2 N–H and O–H groups in total. The van der Waals surface area contributed by atoms with Gasteiger partial charge in [-0.1, -0.05) is 6.07 Å². The van der Waals surface area contributed by atoms with Gasteiger partial charge in [-0.05, 0) is 42.5 Å². The Kier molecular flexibility index (Phi) is 5.10. The van der Waals surface area contributed by atoms with Gasteiger partial charge in [0, 0.05) is 17.6 Å². The number of aromatic nitrogens is 2. The van der Waals surface area contributed by atoms with Crippen LogP contribution >= 0.6 is 0 Å². The van der Waals surface area contributed by atoms with Gasteiger partial charge >= 0.3 is 6.18 Å². The molecule has 0 radical (unpaired) electrons. The van der Waals surface area contributed by atoms with Gasteiger partial charge in [-0.2, -0.15) is 28.7 Å². The fourth-order valence-corrected chi connectivity index (χ4v) is 2.31. The third-order valence-corrected chi connectivity index (χ3v) is 3.62. The van der Waals surface area contributed by atoms with Crippen LogP contribution in [-0.4, -0.2) is 9.97 Å². The van der Waals surface area contributed by atoms with E-state index in [-0.39, 0.29) is 11.6 Å². The summed E-state index contributed by atoms with van der Waals surface area (Å²) in [6, 6.07) is 16.2. The Hall–Kier alpha value is -4.11. The minimum Gasteiger partial charge on any atom is -0.340 e. The summed E-state index contributed by atoms with van der Waals surface area (Å²) < 4.78 is 39.9. The number of rotatable bonds is 4. The average molecular weight is 380 g/mol. The van der Waals surface area contributed by atoms with Gasteiger partial charge in [0.25, 0.3) is 0 Å². The molecule has 138 valence electrons. The number of alkyl halides is 3. The molecule has 1 heterocycles. The molecule has 0 amide bonds. The van der Waals surface area contributed by atoms with Gasteiger partial charge in [0.15, 0.2) is 0 Å².